The van der Waals surface area contributed by atoms with Crippen LogP contribution in [0.3, 0.4) is 0 Å². The lowest BCUT2D eigenvalue weighted by Gasteiger charge is -2.27. The van der Waals surface area contributed by atoms with Gasteiger partial charge in [0, 0.05) is 20.6 Å². The fourth-order valence-corrected chi connectivity index (χ4v) is 2.18. The molecule has 0 spiro atoms. The minimum atomic E-state index is -0.341. The van der Waals surface area contributed by atoms with Gasteiger partial charge in [-0.05, 0) is 31.3 Å². The van der Waals surface area contributed by atoms with Gasteiger partial charge in [-0.1, -0.05) is 5.57 Å². The quantitative estimate of drug-likeness (QED) is 0.465. The molecule has 0 saturated heterocycles. The average Bonchev–Trinajstić information content (AvgIpc) is 2.86. The molecule has 0 N–H and O–H groups in total. The zero-order valence-electron chi connectivity index (χ0n) is 7.85. The zero-order chi connectivity index (χ0) is 8.60. The predicted octanol–water partition coefficient (Wildman–Crippen LogP) is 2.25. The molecule has 0 heterocycles. The Labute approximate surface area is 73.5 Å². The first-order chi connectivity index (χ1) is 5.82. The molecule has 0 aliphatic heterocycles. The summed E-state index contributed by atoms with van der Waals surface area (Å²) in [7, 11) is 3.50. The van der Waals surface area contributed by atoms with Gasteiger partial charge in [-0.2, -0.15) is 0 Å². The van der Waals surface area contributed by atoms with E-state index in [0.29, 0.717) is 0 Å². The molecule has 2 nitrogen and oxygen atoms in total. The predicted molar refractivity (Wildman–Crippen MR) is 46.9 cm³/mol. The summed E-state index contributed by atoms with van der Waals surface area (Å²) in [6, 6.07) is 0. The largest absolute Gasteiger partial charge is 0.349 e. The molecular formula is C10H16O2. The van der Waals surface area contributed by atoms with Crippen LogP contribution in [0.4, 0.5) is 0 Å². The molecule has 2 aliphatic carbocycles. The van der Waals surface area contributed by atoms with Gasteiger partial charge in [0.2, 0.25) is 0 Å². The first-order valence-electron chi connectivity index (χ1n) is 4.64. The summed E-state index contributed by atoms with van der Waals surface area (Å²) in [5.41, 5.74) is 3.02. The van der Waals surface area contributed by atoms with Gasteiger partial charge < -0.3 is 9.47 Å². The maximum absolute atomic E-state index is 5.48. The number of rotatable bonds is 2. The van der Waals surface area contributed by atoms with Crippen molar-refractivity contribution in [1.29, 1.82) is 0 Å². The highest BCUT2D eigenvalue weighted by Gasteiger charge is 2.42. The Morgan fingerprint density at radius 3 is 2.25 bits per heavy atom. The van der Waals surface area contributed by atoms with Gasteiger partial charge in [-0.3, -0.25) is 0 Å². The lowest BCUT2D eigenvalue weighted by molar-refractivity contribution is -0.173. The second-order valence-electron chi connectivity index (χ2n) is 3.60. The van der Waals surface area contributed by atoms with Crippen molar-refractivity contribution >= 4 is 0 Å². The summed E-state index contributed by atoms with van der Waals surface area (Å²) in [4.78, 5) is 0. The van der Waals surface area contributed by atoms with Crippen molar-refractivity contribution in [2.24, 2.45) is 0 Å². The van der Waals surface area contributed by atoms with Gasteiger partial charge in [0.05, 0.1) is 0 Å². The summed E-state index contributed by atoms with van der Waals surface area (Å²) in [6.45, 7) is 0. The van der Waals surface area contributed by atoms with Crippen molar-refractivity contribution in [2.75, 3.05) is 14.2 Å². The highest BCUT2D eigenvalue weighted by atomic mass is 16.7. The van der Waals surface area contributed by atoms with E-state index in [2.05, 4.69) is 0 Å². The van der Waals surface area contributed by atoms with E-state index < -0.39 is 0 Å². The standard InChI is InChI=1S/C10H16O2/c1-11-10(12-2)7-3-4-9(10)8-5-6-8/h3-7H2,1-2H3. The molecule has 0 atom stereocenters. The van der Waals surface area contributed by atoms with Crippen molar-refractivity contribution in [1.82, 2.24) is 0 Å². The summed E-state index contributed by atoms with van der Waals surface area (Å²) in [5, 5.41) is 0. The van der Waals surface area contributed by atoms with E-state index in [-0.39, 0.29) is 5.79 Å². The van der Waals surface area contributed by atoms with Crippen LogP contribution in [0.1, 0.15) is 32.1 Å². The SMILES string of the molecule is COC1(OC)CCCC1=C1CC1. The molecule has 0 aromatic rings. The molecule has 12 heavy (non-hydrogen) atoms. The van der Waals surface area contributed by atoms with Crippen LogP contribution in [0.25, 0.3) is 0 Å². The third kappa shape index (κ3) is 1.10. The van der Waals surface area contributed by atoms with Gasteiger partial charge in [-0.15, -0.1) is 0 Å². The average molecular weight is 168 g/mol. The van der Waals surface area contributed by atoms with Crippen LogP contribution in [0.2, 0.25) is 0 Å². The minimum absolute atomic E-state index is 0.341. The minimum Gasteiger partial charge on any atom is -0.349 e. The number of methoxy groups -OCH3 is 2. The van der Waals surface area contributed by atoms with Crippen molar-refractivity contribution in [3.8, 4) is 0 Å². The molecule has 0 amide bonds. The summed E-state index contributed by atoms with van der Waals surface area (Å²) >= 11 is 0. The van der Waals surface area contributed by atoms with Crippen molar-refractivity contribution in [3.63, 3.8) is 0 Å². The third-order valence-electron chi connectivity index (χ3n) is 2.98. The van der Waals surface area contributed by atoms with Crippen LogP contribution in [0, 0.1) is 0 Å². The van der Waals surface area contributed by atoms with Crippen molar-refractivity contribution in [3.05, 3.63) is 11.1 Å². The first-order valence-corrected chi connectivity index (χ1v) is 4.64. The maximum Gasteiger partial charge on any atom is 0.190 e. The van der Waals surface area contributed by atoms with E-state index in [1.165, 1.54) is 31.3 Å². The van der Waals surface area contributed by atoms with Gasteiger partial charge in [0.25, 0.3) is 0 Å². The van der Waals surface area contributed by atoms with E-state index in [9.17, 15) is 0 Å². The van der Waals surface area contributed by atoms with Gasteiger partial charge >= 0.3 is 0 Å². The van der Waals surface area contributed by atoms with Crippen LogP contribution in [-0.2, 0) is 9.47 Å². The Hall–Kier alpha value is -0.340. The number of hydrogen-bond donors (Lipinski definition) is 0. The van der Waals surface area contributed by atoms with E-state index in [4.69, 9.17) is 9.47 Å². The van der Waals surface area contributed by atoms with Gasteiger partial charge in [0.15, 0.2) is 5.79 Å². The van der Waals surface area contributed by atoms with Crippen LogP contribution >= 0.6 is 0 Å². The molecule has 2 saturated carbocycles. The maximum atomic E-state index is 5.48. The lowest BCUT2D eigenvalue weighted by Crippen LogP contribution is -2.31. The fourth-order valence-electron chi connectivity index (χ4n) is 2.18. The Kier molecular flexibility index (Phi) is 1.97. The molecule has 0 aromatic carbocycles. The Balaban J connectivity index is 2.27. The van der Waals surface area contributed by atoms with Gasteiger partial charge in [0.1, 0.15) is 0 Å². The molecular weight excluding hydrogens is 152 g/mol. The highest BCUT2D eigenvalue weighted by molar-refractivity contribution is 5.32. The topological polar surface area (TPSA) is 18.5 Å². The molecule has 68 valence electrons. The molecule has 2 aliphatic rings. The molecule has 0 bridgehead atoms. The van der Waals surface area contributed by atoms with Crippen molar-refractivity contribution < 1.29 is 9.47 Å². The second kappa shape index (κ2) is 2.86. The second-order valence-corrected chi connectivity index (χ2v) is 3.60. The highest BCUT2D eigenvalue weighted by Crippen LogP contribution is 2.46. The van der Waals surface area contributed by atoms with E-state index in [1.807, 2.05) is 0 Å². The number of hydrogen-bond acceptors (Lipinski definition) is 2. The molecule has 0 radical (unpaired) electrons. The smallest absolute Gasteiger partial charge is 0.190 e. The molecule has 2 heteroatoms. The van der Waals surface area contributed by atoms with E-state index in [0.717, 1.165) is 6.42 Å². The molecule has 0 unspecified atom stereocenters. The molecule has 0 aromatic heterocycles. The molecule has 2 rings (SSSR count). The zero-order valence-corrected chi connectivity index (χ0v) is 7.85. The van der Waals surface area contributed by atoms with Crippen LogP contribution in [0.5, 0.6) is 0 Å². The monoisotopic (exact) mass is 168 g/mol. The third-order valence-corrected chi connectivity index (χ3v) is 2.98. The molecule has 2 fully saturated rings. The Morgan fingerprint density at radius 2 is 1.75 bits per heavy atom. The Morgan fingerprint density at radius 1 is 1.08 bits per heavy atom. The van der Waals surface area contributed by atoms with Crippen molar-refractivity contribution in [2.45, 2.75) is 37.9 Å². The van der Waals surface area contributed by atoms with E-state index in [1.54, 1.807) is 19.8 Å². The fraction of sp³-hybridized carbons (Fsp3) is 0.800. The number of ether oxygens (including phenoxy) is 2. The summed E-state index contributed by atoms with van der Waals surface area (Å²) < 4.78 is 11.0. The number of allylic oxidation sites excluding steroid dienone is 1. The van der Waals surface area contributed by atoms with Crippen LogP contribution in [0.15, 0.2) is 11.1 Å². The Bertz CT molecular complexity index is 208. The summed E-state index contributed by atoms with van der Waals surface area (Å²) in [6.07, 6.45) is 5.95. The van der Waals surface area contributed by atoms with E-state index >= 15 is 0 Å². The lowest BCUT2D eigenvalue weighted by atomic mass is 10.1. The van der Waals surface area contributed by atoms with Crippen LogP contribution < -0.4 is 0 Å². The normalized spacial score (nSPS) is 26.5. The van der Waals surface area contributed by atoms with Crippen LogP contribution in [-0.4, -0.2) is 20.0 Å². The summed E-state index contributed by atoms with van der Waals surface area (Å²) in [5.74, 6) is -0.341. The first kappa shape index (κ1) is 8.27. The van der Waals surface area contributed by atoms with Gasteiger partial charge in [-0.25, -0.2) is 0 Å².